The van der Waals surface area contributed by atoms with Crippen LogP contribution >= 0.6 is 11.3 Å². The van der Waals surface area contributed by atoms with E-state index in [4.69, 9.17) is 19.2 Å². The van der Waals surface area contributed by atoms with Crippen LogP contribution in [0, 0.1) is 0 Å². The normalized spacial score (nSPS) is 10.8. The van der Waals surface area contributed by atoms with E-state index in [1.165, 1.54) is 11.3 Å². The van der Waals surface area contributed by atoms with Crippen LogP contribution in [0.1, 0.15) is 29.9 Å². The van der Waals surface area contributed by atoms with Crippen LogP contribution in [0.3, 0.4) is 0 Å². The molecule has 0 saturated carbocycles. The number of rotatable bonds is 9. The highest BCUT2D eigenvalue weighted by Gasteiger charge is 2.23. The molecule has 0 radical (unpaired) electrons. The highest BCUT2D eigenvalue weighted by molar-refractivity contribution is 7.22. The molecule has 0 saturated heterocycles. The van der Waals surface area contributed by atoms with Gasteiger partial charge in [0.15, 0.2) is 16.6 Å². The molecule has 2 aromatic carbocycles. The molecule has 0 bridgehead atoms. The third-order valence-corrected chi connectivity index (χ3v) is 5.94. The largest absolute Gasteiger partial charge is 0.497 e. The van der Waals surface area contributed by atoms with Crippen molar-refractivity contribution >= 4 is 32.6 Å². The van der Waals surface area contributed by atoms with Crippen molar-refractivity contribution in [3.63, 3.8) is 0 Å². The zero-order chi connectivity index (χ0) is 23.2. The minimum absolute atomic E-state index is 0.198. The number of nitrogens with zero attached hydrogens (tertiary/aromatic N) is 3. The maximum Gasteiger partial charge on any atom is 0.260 e. The van der Waals surface area contributed by atoms with E-state index in [0.29, 0.717) is 35.4 Å². The number of anilines is 1. The van der Waals surface area contributed by atoms with E-state index in [2.05, 4.69) is 4.98 Å². The predicted molar refractivity (Wildman–Crippen MR) is 130 cm³/mol. The van der Waals surface area contributed by atoms with Gasteiger partial charge in [0.05, 0.1) is 42.8 Å². The zero-order valence-corrected chi connectivity index (χ0v) is 19.6. The Kier molecular flexibility index (Phi) is 7.04. The first-order chi connectivity index (χ1) is 16.1. The van der Waals surface area contributed by atoms with E-state index in [1.807, 2.05) is 50.2 Å². The molecule has 0 atom stereocenters. The van der Waals surface area contributed by atoms with Crippen LogP contribution in [0.2, 0.25) is 0 Å². The molecule has 33 heavy (non-hydrogen) atoms. The molecule has 0 spiro atoms. The number of pyridine rings is 1. The highest BCUT2D eigenvalue weighted by Crippen LogP contribution is 2.34. The molecular weight excluding hydrogens is 438 g/mol. The molecule has 1 amide bonds. The van der Waals surface area contributed by atoms with Crippen molar-refractivity contribution < 1.29 is 19.0 Å². The predicted octanol–water partition coefficient (Wildman–Crippen LogP) is 5.34. The number of methoxy groups -OCH3 is 1. The summed E-state index contributed by atoms with van der Waals surface area (Å²) in [6.45, 7) is 5.07. The minimum atomic E-state index is -0.198. The van der Waals surface area contributed by atoms with E-state index in [-0.39, 0.29) is 12.5 Å². The van der Waals surface area contributed by atoms with Crippen LogP contribution in [-0.2, 0) is 6.54 Å². The van der Waals surface area contributed by atoms with Crippen molar-refractivity contribution in [1.82, 2.24) is 9.97 Å². The van der Waals surface area contributed by atoms with Crippen molar-refractivity contribution in [2.75, 3.05) is 25.2 Å². The number of hydrogen-bond acceptors (Lipinski definition) is 7. The van der Waals surface area contributed by atoms with Crippen LogP contribution in [0.5, 0.6) is 17.2 Å². The lowest BCUT2D eigenvalue weighted by molar-refractivity contribution is 0.0984. The number of benzene rings is 2. The molecule has 0 aliphatic rings. The number of aromatic nitrogens is 2. The van der Waals surface area contributed by atoms with Gasteiger partial charge in [0.1, 0.15) is 5.75 Å². The number of amides is 1. The molecule has 4 aromatic rings. The Bertz CT molecular complexity index is 1240. The van der Waals surface area contributed by atoms with Gasteiger partial charge in [0.25, 0.3) is 5.91 Å². The van der Waals surface area contributed by atoms with Gasteiger partial charge < -0.3 is 14.2 Å². The second kappa shape index (κ2) is 10.3. The molecule has 0 fully saturated rings. The number of thiazole rings is 1. The Labute approximate surface area is 196 Å². The van der Waals surface area contributed by atoms with Crippen LogP contribution < -0.4 is 19.1 Å². The van der Waals surface area contributed by atoms with Gasteiger partial charge in [0.2, 0.25) is 0 Å². The lowest BCUT2D eigenvalue weighted by Crippen LogP contribution is -2.30. The summed E-state index contributed by atoms with van der Waals surface area (Å²) in [6, 6.07) is 16.5. The van der Waals surface area contributed by atoms with Gasteiger partial charge in [-0.25, -0.2) is 4.98 Å². The SMILES string of the molecule is CCOc1ccc(C(=O)N(Cc2ccccn2)c2nc3ccc(OC)cc3s2)cc1OCC. The zero-order valence-electron chi connectivity index (χ0n) is 18.8. The molecule has 0 N–H and O–H groups in total. The second-order valence-electron chi connectivity index (χ2n) is 7.07. The summed E-state index contributed by atoms with van der Waals surface area (Å²) in [5, 5.41) is 0.584. The summed E-state index contributed by atoms with van der Waals surface area (Å²) in [5.74, 6) is 1.69. The van der Waals surface area contributed by atoms with E-state index in [0.717, 1.165) is 21.7 Å². The lowest BCUT2D eigenvalue weighted by Gasteiger charge is -2.20. The summed E-state index contributed by atoms with van der Waals surface area (Å²) < 4.78 is 17.6. The van der Waals surface area contributed by atoms with Gasteiger partial charge in [-0.2, -0.15) is 0 Å². The van der Waals surface area contributed by atoms with Gasteiger partial charge in [-0.1, -0.05) is 17.4 Å². The molecule has 2 aromatic heterocycles. The third-order valence-electron chi connectivity index (χ3n) is 4.90. The number of ether oxygens (including phenoxy) is 3. The van der Waals surface area contributed by atoms with Crippen molar-refractivity contribution in [3.8, 4) is 17.2 Å². The quantitative estimate of drug-likeness (QED) is 0.333. The maximum atomic E-state index is 13.7. The fourth-order valence-corrected chi connectivity index (χ4v) is 4.35. The van der Waals surface area contributed by atoms with Crippen molar-refractivity contribution in [2.45, 2.75) is 20.4 Å². The maximum absolute atomic E-state index is 13.7. The van der Waals surface area contributed by atoms with Gasteiger partial charge >= 0.3 is 0 Å². The molecule has 0 aliphatic carbocycles. The highest BCUT2D eigenvalue weighted by atomic mass is 32.1. The fraction of sp³-hybridized carbons (Fsp3) is 0.240. The minimum Gasteiger partial charge on any atom is -0.497 e. The molecule has 7 nitrogen and oxygen atoms in total. The van der Waals surface area contributed by atoms with E-state index >= 15 is 0 Å². The molecule has 4 rings (SSSR count). The van der Waals surface area contributed by atoms with Gasteiger partial charge in [-0.05, 0) is 62.4 Å². The molecule has 2 heterocycles. The number of fused-ring (bicyclic) bond motifs is 1. The van der Waals surface area contributed by atoms with Crippen LogP contribution in [0.4, 0.5) is 5.13 Å². The van der Waals surface area contributed by atoms with Crippen LogP contribution in [0.15, 0.2) is 60.8 Å². The van der Waals surface area contributed by atoms with Crippen LogP contribution in [0.25, 0.3) is 10.2 Å². The second-order valence-corrected chi connectivity index (χ2v) is 8.08. The van der Waals surface area contributed by atoms with Crippen molar-refractivity contribution in [1.29, 1.82) is 0 Å². The first kappa shape index (κ1) is 22.5. The first-order valence-electron chi connectivity index (χ1n) is 10.7. The van der Waals surface area contributed by atoms with E-state index in [9.17, 15) is 4.79 Å². The summed E-state index contributed by atoms with van der Waals surface area (Å²) in [4.78, 5) is 24.5. The average molecular weight is 464 g/mol. The Balaban J connectivity index is 1.75. The Morgan fingerprint density at radius 1 is 1.00 bits per heavy atom. The summed E-state index contributed by atoms with van der Waals surface area (Å²) >= 11 is 1.43. The molecular formula is C25H25N3O4S. The number of hydrogen-bond donors (Lipinski definition) is 0. The van der Waals surface area contributed by atoms with Gasteiger partial charge in [-0.15, -0.1) is 0 Å². The first-order valence-corrected chi connectivity index (χ1v) is 11.5. The van der Waals surface area contributed by atoms with Crippen LogP contribution in [-0.4, -0.2) is 36.2 Å². The Hall–Kier alpha value is -3.65. The number of carbonyl (C=O) groups is 1. The van der Waals surface area contributed by atoms with Crippen molar-refractivity contribution in [2.24, 2.45) is 0 Å². The Morgan fingerprint density at radius 2 is 1.82 bits per heavy atom. The lowest BCUT2D eigenvalue weighted by atomic mass is 10.1. The average Bonchev–Trinajstić information content (AvgIpc) is 3.27. The fourth-order valence-electron chi connectivity index (χ4n) is 3.36. The van der Waals surface area contributed by atoms with Gasteiger partial charge in [0, 0.05) is 11.8 Å². The topological polar surface area (TPSA) is 73.8 Å². The molecule has 0 aliphatic heterocycles. The summed E-state index contributed by atoms with van der Waals surface area (Å²) in [6.07, 6.45) is 1.71. The third kappa shape index (κ3) is 5.06. The molecule has 0 unspecified atom stereocenters. The summed E-state index contributed by atoms with van der Waals surface area (Å²) in [5.41, 5.74) is 2.05. The van der Waals surface area contributed by atoms with Crippen molar-refractivity contribution in [3.05, 3.63) is 72.1 Å². The Morgan fingerprint density at radius 3 is 2.55 bits per heavy atom. The standard InChI is InChI=1S/C25H25N3O4S/c1-4-31-21-12-9-17(14-22(21)32-5-2)24(29)28(16-18-8-6-7-13-26-18)25-27-20-11-10-19(30-3)15-23(20)33-25/h6-15H,4-5,16H2,1-3H3. The smallest absolute Gasteiger partial charge is 0.260 e. The van der Waals surface area contributed by atoms with Gasteiger partial charge in [-0.3, -0.25) is 14.7 Å². The summed E-state index contributed by atoms with van der Waals surface area (Å²) in [7, 11) is 1.63. The number of carbonyl (C=O) groups excluding carboxylic acids is 1. The molecule has 170 valence electrons. The molecule has 8 heteroatoms. The monoisotopic (exact) mass is 463 g/mol. The van der Waals surface area contributed by atoms with E-state index in [1.54, 1.807) is 36.4 Å². The van der Waals surface area contributed by atoms with E-state index < -0.39 is 0 Å².